The molecule has 1 aromatic heterocycles. The van der Waals surface area contributed by atoms with E-state index in [0.717, 1.165) is 11.0 Å². The van der Waals surface area contributed by atoms with Gasteiger partial charge in [-0.2, -0.15) is 0 Å². The van der Waals surface area contributed by atoms with Crippen LogP contribution >= 0.6 is 15.9 Å². The number of aromatic amines is 1. The lowest BCUT2D eigenvalue weighted by Crippen LogP contribution is -2.32. The van der Waals surface area contributed by atoms with E-state index >= 15 is 0 Å². The van der Waals surface area contributed by atoms with Crippen LogP contribution in [0, 0.1) is 5.92 Å². The van der Waals surface area contributed by atoms with Gasteiger partial charge >= 0.3 is 0 Å². The van der Waals surface area contributed by atoms with Crippen molar-refractivity contribution in [1.29, 1.82) is 0 Å². The smallest absolute Gasteiger partial charge is 0.267 e. The number of carbonyl (C=O) groups excluding carboxylic acids is 1. The van der Waals surface area contributed by atoms with Gasteiger partial charge in [-0.15, -0.1) is 0 Å². The van der Waals surface area contributed by atoms with Crippen molar-refractivity contribution in [3.05, 3.63) is 22.4 Å². The topological polar surface area (TPSA) is 56.9 Å². The Bertz CT molecular complexity index is 324. The molecule has 1 heterocycles. The molecule has 0 spiro atoms. The van der Waals surface area contributed by atoms with Gasteiger partial charge < -0.3 is 15.6 Å². The average Bonchev–Trinajstić information content (AvgIpc) is 2.62. The van der Waals surface area contributed by atoms with E-state index in [1.807, 2.05) is 7.05 Å². The summed E-state index contributed by atoms with van der Waals surface area (Å²) in [6.07, 6.45) is 1.74. The molecule has 0 bridgehead atoms. The Morgan fingerprint density at radius 1 is 1.60 bits per heavy atom. The number of H-pyrrole nitrogens is 1. The average molecular weight is 274 g/mol. The number of nitrogens with one attached hydrogen (secondary N) is 3. The van der Waals surface area contributed by atoms with Crippen molar-refractivity contribution in [2.75, 3.05) is 20.1 Å². The maximum atomic E-state index is 11.6. The van der Waals surface area contributed by atoms with E-state index in [1.165, 1.54) is 0 Å². The highest BCUT2D eigenvalue weighted by Gasteiger charge is 2.08. The number of carbonyl (C=O) groups is 1. The summed E-state index contributed by atoms with van der Waals surface area (Å²) in [5, 5.41) is 5.93. The number of aromatic nitrogens is 1. The fraction of sp³-hybridized carbons (Fsp3) is 0.500. The first kappa shape index (κ1) is 12.3. The molecular formula is C10H16BrN3O. The predicted octanol–water partition coefficient (Wildman–Crippen LogP) is 1.36. The van der Waals surface area contributed by atoms with Crippen molar-refractivity contribution >= 4 is 21.8 Å². The molecule has 1 rings (SSSR count). The summed E-state index contributed by atoms with van der Waals surface area (Å²) < 4.78 is 0.885. The van der Waals surface area contributed by atoms with E-state index in [4.69, 9.17) is 0 Å². The van der Waals surface area contributed by atoms with Gasteiger partial charge in [0.1, 0.15) is 5.69 Å². The Balaban J connectivity index is 2.36. The molecule has 5 heteroatoms. The fourth-order valence-corrected chi connectivity index (χ4v) is 1.63. The number of amides is 1. The molecule has 1 amide bonds. The normalized spacial score (nSPS) is 12.5. The third-order valence-electron chi connectivity index (χ3n) is 2.06. The minimum atomic E-state index is -0.0661. The molecule has 0 radical (unpaired) electrons. The molecule has 0 fully saturated rings. The predicted molar refractivity (Wildman–Crippen MR) is 63.9 cm³/mol. The van der Waals surface area contributed by atoms with E-state index < -0.39 is 0 Å². The van der Waals surface area contributed by atoms with Crippen molar-refractivity contribution in [3.8, 4) is 0 Å². The quantitative estimate of drug-likeness (QED) is 0.759. The summed E-state index contributed by atoms with van der Waals surface area (Å²) >= 11 is 3.28. The Morgan fingerprint density at radius 2 is 2.33 bits per heavy atom. The summed E-state index contributed by atoms with van der Waals surface area (Å²) in [7, 11) is 1.90. The van der Waals surface area contributed by atoms with Gasteiger partial charge in [-0.05, 0) is 41.5 Å². The summed E-state index contributed by atoms with van der Waals surface area (Å²) in [4.78, 5) is 14.5. The van der Waals surface area contributed by atoms with Crippen LogP contribution in [0.3, 0.4) is 0 Å². The lowest BCUT2D eigenvalue weighted by molar-refractivity contribution is 0.0943. The molecule has 3 N–H and O–H groups in total. The van der Waals surface area contributed by atoms with E-state index in [1.54, 1.807) is 12.3 Å². The number of hydrogen-bond acceptors (Lipinski definition) is 2. The van der Waals surface area contributed by atoms with Gasteiger partial charge in [0, 0.05) is 17.2 Å². The van der Waals surface area contributed by atoms with Gasteiger partial charge in [0.05, 0.1) is 0 Å². The molecule has 1 atom stereocenters. The van der Waals surface area contributed by atoms with Crippen molar-refractivity contribution in [2.45, 2.75) is 6.92 Å². The lowest BCUT2D eigenvalue weighted by atomic mass is 10.2. The highest BCUT2D eigenvalue weighted by molar-refractivity contribution is 9.10. The first-order chi connectivity index (χ1) is 7.13. The highest BCUT2D eigenvalue weighted by Crippen LogP contribution is 2.10. The zero-order valence-corrected chi connectivity index (χ0v) is 10.5. The SMILES string of the molecule is CNCC(C)CNC(=O)c1cc(Br)c[nH]1. The molecule has 0 aliphatic heterocycles. The number of halogens is 1. The van der Waals surface area contributed by atoms with Crippen LogP contribution in [0.5, 0.6) is 0 Å². The summed E-state index contributed by atoms with van der Waals surface area (Å²) in [5.41, 5.74) is 0.582. The van der Waals surface area contributed by atoms with Crippen LogP contribution in [0.4, 0.5) is 0 Å². The monoisotopic (exact) mass is 273 g/mol. The summed E-state index contributed by atoms with van der Waals surface area (Å²) in [5.74, 6) is 0.362. The van der Waals surface area contributed by atoms with E-state index in [2.05, 4.69) is 38.5 Å². The molecule has 0 saturated heterocycles. The molecule has 15 heavy (non-hydrogen) atoms. The second-order valence-corrected chi connectivity index (χ2v) is 4.52. The Kier molecular flexibility index (Phi) is 4.84. The first-order valence-electron chi connectivity index (χ1n) is 4.90. The summed E-state index contributed by atoms with van der Waals surface area (Å²) in [6.45, 7) is 3.66. The van der Waals surface area contributed by atoms with Gasteiger partial charge in [0.2, 0.25) is 0 Å². The fourth-order valence-electron chi connectivity index (χ4n) is 1.28. The minimum Gasteiger partial charge on any atom is -0.356 e. The van der Waals surface area contributed by atoms with Crippen molar-refractivity contribution < 1.29 is 4.79 Å². The van der Waals surface area contributed by atoms with Crippen molar-refractivity contribution in [2.24, 2.45) is 5.92 Å². The van der Waals surface area contributed by atoms with E-state index in [9.17, 15) is 4.79 Å². The Hall–Kier alpha value is -0.810. The van der Waals surface area contributed by atoms with Gasteiger partial charge in [0.25, 0.3) is 5.91 Å². The standard InChI is InChI=1S/C10H16BrN3O/c1-7(4-12-2)5-14-10(15)9-3-8(11)6-13-9/h3,6-7,12-13H,4-5H2,1-2H3,(H,14,15). The van der Waals surface area contributed by atoms with E-state index in [-0.39, 0.29) is 5.91 Å². The molecule has 1 aromatic rings. The van der Waals surface area contributed by atoms with Gasteiger partial charge in [-0.25, -0.2) is 0 Å². The van der Waals surface area contributed by atoms with Gasteiger partial charge in [-0.1, -0.05) is 6.92 Å². The molecule has 84 valence electrons. The van der Waals surface area contributed by atoms with Crippen LogP contribution in [-0.4, -0.2) is 31.0 Å². The Labute approximate surface area is 98.0 Å². The maximum absolute atomic E-state index is 11.6. The Morgan fingerprint density at radius 3 is 2.87 bits per heavy atom. The third-order valence-corrected chi connectivity index (χ3v) is 2.51. The highest BCUT2D eigenvalue weighted by atomic mass is 79.9. The molecule has 1 unspecified atom stereocenters. The first-order valence-corrected chi connectivity index (χ1v) is 5.69. The summed E-state index contributed by atoms with van der Waals surface area (Å²) in [6, 6.07) is 1.76. The molecule has 0 saturated carbocycles. The van der Waals surface area contributed by atoms with Gasteiger partial charge in [0.15, 0.2) is 0 Å². The molecule has 0 aliphatic rings. The molecule has 0 aromatic carbocycles. The molecule has 0 aliphatic carbocycles. The zero-order chi connectivity index (χ0) is 11.3. The lowest BCUT2D eigenvalue weighted by Gasteiger charge is -2.11. The maximum Gasteiger partial charge on any atom is 0.267 e. The number of hydrogen-bond donors (Lipinski definition) is 3. The molecule has 4 nitrogen and oxygen atoms in total. The van der Waals surface area contributed by atoms with Crippen molar-refractivity contribution in [3.63, 3.8) is 0 Å². The zero-order valence-electron chi connectivity index (χ0n) is 8.93. The largest absolute Gasteiger partial charge is 0.356 e. The van der Waals surface area contributed by atoms with Crippen LogP contribution in [0.1, 0.15) is 17.4 Å². The second-order valence-electron chi connectivity index (χ2n) is 3.60. The van der Waals surface area contributed by atoms with Crippen LogP contribution in [0.15, 0.2) is 16.7 Å². The number of rotatable bonds is 5. The van der Waals surface area contributed by atoms with Crippen LogP contribution in [-0.2, 0) is 0 Å². The van der Waals surface area contributed by atoms with E-state index in [0.29, 0.717) is 18.2 Å². The van der Waals surface area contributed by atoms with Crippen LogP contribution in [0.2, 0.25) is 0 Å². The second kappa shape index (κ2) is 5.92. The van der Waals surface area contributed by atoms with Crippen molar-refractivity contribution in [1.82, 2.24) is 15.6 Å². The minimum absolute atomic E-state index is 0.0661. The van der Waals surface area contributed by atoms with Crippen LogP contribution in [0.25, 0.3) is 0 Å². The third kappa shape index (κ3) is 4.05. The van der Waals surface area contributed by atoms with Gasteiger partial charge in [-0.3, -0.25) is 4.79 Å². The molecular weight excluding hydrogens is 258 g/mol. The van der Waals surface area contributed by atoms with Crippen LogP contribution < -0.4 is 10.6 Å².